The lowest BCUT2D eigenvalue weighted by Crippen LogP contribution is -2.43. The third kappa shape index (κ3) is 4.49. The highest BCUT2D eigenvalue weighted by Crippen LogP contribution is 2.20. The molecule has 0 unspecified atom stereocenters. The number of carboxylic acid groups (broad SMARTS) is 1. The van der Waals surface area contributed by atoms with E-state index in [4.69, 9.17) is 5.11 Å². The van der Waals surface area contributed by atoms with Gasteiger partial charge in [0.1, 0.15) is 5.01 Å². The highest BCUT2D eigenvalue weighted by atomic mass is 32.2. The molecule has 1 aliphatic rings. The van der Waals surface area contributed by atoms with Gasteiger partial charge in [0, 0.05) is 24.4 Å². The van der Waals surface area contributed by atoms with Crippen molar-refractivity contribution in [3.05, 3.63) is 16.1 Å². The van der Waals surface area contributed by atoms with Crippen LogP contribution in [-0.2, 0) is 21.4 Å². The molecular weight excluding hydrogens is 342 g/mol. The van der Waals surface area contributed by atoms with E-state index < -0.39 is 16.0 Å². The summed E-state index contributed by atoms with van der Waals surface area (Å²) in [6, 6.07) is 0. The van der Waals surface area contributed by atoms with Gasteiger partial charge in [-0.2, -0.15) is 0 Å². The molecule has 0 saturated carbocycles. The molecule has 1 aromatic rings. The van der Waals surface area contributed by atoms with Crippen molar-refractivity contribution in [2.45, 2.75) is 26.3 Å². The van der Waals surface area contributed by atoms with Crippen molar-refractivity contribution in [3.8, 4) is 0 Å². The van der Waals surface area contributed by atoms with Crippen LogP contribution < -0.4 is 5.32 Å². The molecule has 8 nitrogen and oxygen atoms in total. The predicted molar refractivity (Wildman–Crippen MR) is 84.7 cm³/mol. The Hall–Kier alpha value is -1.52. The third-order valence-corrected chi connectivity index (χ3v) is 6.50. The van der Waals surface area contributed by atoms with Crippen molar-refractivity contribution in [2.75, 3.05) is 18.8 Å². The van der Waals surface area contributed by atoms with Gasteiger partial charge in [-0.15, -0.1) is 11.3 Å². The van der Waals surface area contributed by atoms with E-state index in [0.717, 1.165) is 0 Å². The Bertz CT molecular complexity index is 678. The molecule has 0 aliphatic carbocycles. The maximum absolute atomic E-state index is 12.1. The number of hydrogen-bond donors (Lipinski definition) is 2. The number of hydrogen-bond acceptors (Lipinski definition) is 6. The Morgan fingerprint density at radius 1 is 1.43 bits per heavy atom. The molecule has 0 bridgehead atoms. The number of carbonyl (C=O) groups excluding carboxylic acids is 1. The summed E-state index contributed by atoms with van der Waals surface area (Å²) in [7, 11) is -3.19. The summed E-state index contributed by atoms with van der Waals surface area (Å²) < 4.78 is 25.0. The Labute approximate surface area is 138 Å². The fourth-order valence-electron chi connectivity index (χ4n) is 2.38. The van der Waals surface area contributed by atoms with E-state index in [1.807, 2.05) is 0 Å². The lowest BCUT2D eigenvalue weighted by Gasteiger charge is -2.30. The predicted octanol–water partition coefficient (Wildman–Crippen LogP) is 0.519. The zero-order valence-electron chi connectivity index (χ0n) is 12.7. The number of rotatable bonds is 6. The van der Waals surface area contributed by atoms with E-state index >= 15 is 0 Å². The molecule has 2 heterocycles. The van der Waals surface area contributed by atoms with E-state index in [1.165, 1.54) is 21.0 Å². The average Bonchev–Trinajstić information content (AvgIpc) is 3.02. The number of piperidine rings is 1. The highest BCUT2D eigenvalue weighted by Gasteiger charge is 2.30. The first-order valence-corrected chi connectivity index (χ1v) is 9.75. The number of aromatic nitrogens is 1. The van der Waals surface area contributed by atoms with E-state index in [2.05, 4.69) is 10.3 Å². The van der Waals surface area contributed by atoms with Crippen molar-refractivity contribution in [2.24, 2.45) is 5.92 Å². The van der Waals surface area contributed by atoms with Crippen LogP contribution in [0.5, 0.6) is 0 Å². The molecule has 23 heavy (non-hydrogen) atoms. The first kappa shape index (κ1) is 17.8. The molecule has 2 rings (SSSR count). The van der Waals surface area contributed by atoms with Crippen molar-refractivity contribution in [1.29, 1.82) is 0 Å². The lowest BCUT2D eigenvalue weighted by atomic mass is 9.97. The SMILES string of the molecule is CCS(=O)(=O)N1CCC(C(=O)NCc2nc(C(=O)O)cs2)CC1. The second kappa shape index (κ2) is 7.37. The van der Waals surface area contributed by atoms with Gasteiger partial charge in [0.25, 0.3) is 0 Å². The number of aromatic carboxylic acids is 1. The Kier molecular flexibility index (Phi) is 5.71. The molecule has 128 valence electrons. The van der Waals surface area contributed by atoms with Gasteiger partial charge >= 0.3 is 5.97 Å². The van der Waals surface area contributed by atoms with Crippen LogP contribution in [0.1, 0.15) is 35.3 Å². The lowest BCUT2D eigenvalue weighted by molar-refractivity contribution is -0.126. The Morgan fingerprint density at radius 2 is 2.09 bits per heavy atom. The Balaban J connectivity index is 1.82. The molecule has 10 heteroatoms. The van der Waals surface area contributed by atoms with E-state index in [-0.39, 0.29) is 29.8 Å². The zero-order chi connectivity index (χ0) is 17.0. The van der Waals surface area contributed by atoms with Gasteiger partial charge < -0.3 is 10.4 Å². The van der Waals surface area contributed by atoms with Gasteiger partial charge in [-0.05, 0) is 19.8 Å². The van der Waals surface area contributed by atoms with Crippen molar-refractivity contribution < 1.29 is 23.1 Å². The molecule has 1 aliphatic heterocycles. The van der Waals surface area contributed by atoms with Gasteiger partial charge in [0.2, 0.25) is 15.9 Å². The molecule has 0 aromatic carbocycles. The molecule has 0 spiro atoms. The van der Waals surface area contributed by atoms with Gasteiger partial charge in [-0.1, -0.05) is 0 Å². The van der Waals surface area contributed by atoms with Gasteiger partial charge in [-0.3, -0.25) is 4.79 Å². The summed E-state index contributed by atoms with van der Waals surface area (Å²) in [5.41, 5.74) is -0.0303. The normalized spacial score (nSPS) is 17.1. The number of carboxylic acids is 1. The second-order valence-electron chi connectivity index (χ2n) is 5.22. The topological polar surface area (TPSA) is 117 Å². The molecule has 0 atom stereocenters. The number of nitrogens with zero attached hydrogens (tertiary/aromatic N) is 2. The number of sulfonamides is 1. The summed E-state index contributed by atoms with van der Waals surface area (Å²) in [4.78, 5) is 26.8. The third-order valence-electron chi connectivity index (χ3n) is 3.77. The van der Waals surface area contributed by atoms with Crippen LogP contribution in [-0.4, -0.2) is 53.5 Å². The van der Waals surface area contributed by atoms with Gasteiger partial charge in [0.05, 0.1) is 12.3 Å². The summed E-state index contributed by atoms with van der Waals surface area (Å²) in [6.45, 7) is 2.50. The first-order chi connectivity index (χ1) is 10.8. The van der Waals surface area contributed by atoms with Crippen LogP contribution in [0.3, 0.4) is 0 Å². The molecule has 1 aromatic heterocycles. The van der Waals surface area contributed by atoms with Crippen molar-refractivity contribution >= 4 is 33.2 Å². The minimum atomic E-state index is -3.19. The largest absolute Gasteiger partial charge is 0.476 e. The molecule has 2 N–H and O–H groups in total. The van der Waals surface area contributed by atoms with E-state index in [1.54, 1.807) is 6.92 Å². The standard InChI is InChI=1S/C13H19N3O5S2/c1-2-23(20,21)16-5-3-9(4-6-16)12(17)14-7-11-15-10(8-22-11)13(18)19/h8-9H,2-7H2,1H3,(H,14,17)(H,18,19). The van der Waals surface area contributed by atoms with Crippen LogP contribution in [0.4, 0.5) is 0 Å². The fraction of sp³-hybridized carbons (Fsp3) is 0.615. The smallest absolute Gasteiger partial charge is 0.355 e. The van der Waals surface area contributed by atoms with Gasteiger partial charge in [-0.25, -0.2) is 22.5 Å². The summed E-state index contributed by atoms with van der Waals surface area (Å²) >= 11 is 1.18. The molecule has 1 amide bonds. The summed E-state index contributed by atoms with van der Waals surface area (Å²) in [6.07, 6.45) is 0.979. The van der Waals surface area contributed by atoms with Crippen LogP contribution in [0.2, 0.25) is 0 Å². The molecule has 1 saturated heterocycles. The maximum Gasteiger partial charge on any atom is 0.355 e. The number of carbonyl (C=O) groups is 2. The number of amides is 1. The molecular formula is C13H19N3O5S2. The van der Waals surface area contributed by atoms with E-state index in [9.17, 15) is 18.0 Å². The average molecular weight is 361 g/mol. The minimum Gasteiger partial charge on any atom is -0.476 e. The fourth-order valence-corrected chi connectivity index (χ4v) is 4.22. The zero-order valence-corrected chi connectivity index (χ0v) is 14.3. The number of nitrogens with one attached hydrogen (secondary N) is 1. The maximum atomic E-state index is 12.1. The van der Waals surface area contributed by atoms with Crippen LogP contribution in [0.25, 0.3) is 0 Å². The quantitative estimate of drug-likeness (QED) is 0.763. The monoisotopic (exact) mass is 361 g/mol. The Morgan fingerprint density at radius 3 is 2.61 bits per heavy atom. The summed E-state index contributed by atoms with van der Waals surface area (Å²) in [5, 5.41) is 13.5. The molecule has 1 fully saturated rings. The second-order valence-corrected chi connectivity index (χ2v) is 8.42. The highest BCUT2D eigenvalue weighted by molar-refractivity contribution is 7.89. The van der Waals surface area contributed by atoms with Crippen LogP contribution >= 0.6 is 11.3 Å². The van der Waals surface area contributed by atoms with Crippen LogP contribution in [0.15, 0.2) is 5.38 Å². The van der Waals surface area contributed by atoms with Crippen molar-refractivity contribution in [1.82, 2.24) is 14.6 Å². The van der Waals surface area contributed by atoms with Gasteiger partial charge in [0.15, 0.2) is 5.69 Å². The van der Waals surface area contributed by atoms with Crippen molar-refractivity contribution in [3.63, 3.8) is 0 Å². The molecule has 0 radical (unpaired) electrons. The number of thiazole rings is 1. The van der Waals surface area contributed by atoms with E-state index in [0.29, 0.717) is 30.9 Å². The first-order valence-electron chi connectivity index (χ1n) is 7.26. The van der Waals surface area contributed by atoms with Crippen LogP contribution in [0, 0.1) is 5.92 Å². The minimum absolute atomic E-state index is 0.0303. The summed E-state index contributed by atoms with van der Waals surface area (Å²) in [5.74, 6) is -1.40.